The van der Waals surface area contributed by atoms with Crippen LogP contribution in [0.2, 0.25) is 0 Å². The van der Waals surface area contributed by atoms with Crippen molar-refractivity contribution in [2.75, 3.05) is 32.1 Å². The molecule has 0 aliphatic carbocycles. The Bertz CT molecular complexity index is 1010. The van der Waals surface area contributed by atoms with E-state index >= 15 is 0 Å². The third-order valence-corrected chi connectivity index (χ3v) is 5.49. The molecule has 1 heterocycles. The number of carboxylic acid groups (broad SMARTS) is 2. The van der Waals surface area contributed by atoms with Crippen molar-refractivity contribution in [1.29, 1.82) is 0 Å². The van der Waals surface area contributed by atoms with Crippen LogP contribution in [-0.2, 0) is 9.59 Å². The molecule has 0 saturated carbocycles. The summed E-state index contributed by atoms with van der Waals surface area (Å²) < 4.78 is 0. The maximum absolute atomic E-state index is 11.2. The van der Waals surface area contributed by atoms with Crippen molar-refractivity contribution in [3.8, 4) is 0 Å². The van der Waals surface area contributed by atoms with E-state index in [9.17, 15) is 19.7 Å². The van der Waals surface area contributed by atoms with Crippen LogP contribution in [0.25, 0.3) is 0 Å². The number of rotatable bonds is 7. The lowest BCUT2D eigenvalue weighted by molar-refractivity contribution is -0.384. The van der Waals surface area contributed by atoms with Crippen molar-refractivity contribution in [2.45, 2.75) is 16.7 Å². The monoisotopic (exact) mass is 459 g/mol. The Balaban J connectivity index is 0.000000390. The second-order valence-electron chi connectivity index (χ2n) is 7.47. The van der Waals surface area contributed by atoms with Gasteiger partial charge in [-0.2, -0.15) is 0 Å². The third kappa shape index (κ3) is 7.10. The summed E-state index contributed by atoms with van der Waals surface area (Å²) in [6.45, 7) is 4.00. The zero-order valence-electron chi connectivity index (χ0n) is 18.0. The predicted molar refractivity (Wildman–Crippen MR) is 123 cm³/mol. The molecule has 1 aliphatic rings. The molecule has 0 bridgehead atoms. The lowest BCUT2D eigenvalue weighted by Crippen LogP contribution is -2.31. The van der Waals surface area contributed by atoms with Gasteiger partial charge < -0.3 is 20.0 Å². The molecule has 170 valence electrons. The lowest BCUT2D eigenvalue weighted by Gasteiger charge is -2.35. The van der Waals surface area contributed by atoms with Gasteiger partial charge in [-0.05, 0) is 38.2 Å². The molecule has 2 N–H and O–H groups in total. The SMILES string of the molecule is CC(CN(C)C)CN1c2ccccc2Sc2ccc([N+](=O)[O-])cc21.O=C(O)/C=C\C(=O)O. The van der Waals surface area contributed by atoms with Crippen LogP contribution in [0.4, 0.5) is 17.1 Å². The second-order valence-corrected chi connectivity index (χ2v) is 8.55. The number of carbonyl (C=O) groups is 2. The first-order valence-corrected chi connectivity index (χ1v) is 10.5. The number of nitro benzene ring substituents is 1. The van der Waals surface area contributed by atoms with Gasteiger partial charge in [0, 0.05) is 47.2 Å². The standard InChI is InChI=1S/C18H21N3O2S.C4H4O4/c1-13(11-19(2)3)12-20-15-6-4-5-7-17(15)24-18-9-8-14(21(22)23)10-16(18)20;5-3(6)1-2-4(7)8/h4-10,13H,11-12H2,1-3H3;1-2H,(H,5,6)(H,7,8)/b;2-1-. The van der Waals surface area contributed by atoms with E-state index < -0.39 is 11.9 Å². The van der Waals surface area contributed by atoms with Crippen molar-refractivity contribution in [2.24, 2.45) is 5.92 Å². The molecule has 10 heteroatoms. The largest absolute Gasteiger partial charge is 0.478 e. The molecule has 1 aliphatic heterocycles. The topological polar surface area (TPSA) is 124 Å². The fourth-order valence-corrected chi connectivity index (χ4v) is 4.34. The highest BCUT2D eigenvalue weighted by Gasteiger charge is 2.26. The first-order chi connectivity index (χ1) is 15.1. The Labute approximate surface area is 190 Å². The van der Waals surface area contributed by atoms with E-state index in [1.54, 1.807) is 23.9 Å². The van der Waals surface area contributed by atoms with Crippen molar-refractivity contribution in [3.05, 3.63) is 64.7 Å². The van der Waals surface area contributed by atoms with Gasteiger partial charge in [0.2, 0.25) is 0 Å². The molecule has 0 spiro atoms. The molecular formula is C22H25N3O6S. The Hall–Kier alpha value is -3.37. The summed E-state index contributed by atoms with van der Waals surface area (Å²) in [6.07, 6.45) is 1.12. The van der Waals surface area contributed by atoms with Crippen molar-refractivity contribution in [3.63, 3.8) is 0 Å². The van der Waals surface area contributed by atoms with E-state index in [1.807, 2.05) is 18.2 Å². The molecule has 1 atom stereocenters. The number of nitrogens with zero attached hydrogens (tertiary/aromatic N) is 3. The summed E-state index contributed by atoms with van der Waals surface area (Å²) in [4.78, 5) is 36.6. The molecule has 2 aromatic rings. The molecule has 0 saturated heterocycles. The minimum Gasteiger partial charge on any atom is -0.478 e. The Morgan fingerprint density at radius 2 is 1.69 bits per heavy atom. The highest BCUT2D eigenvalue weighted by Crippen LogP contribution is 2.49. The van der Waals surface area contributed by atoms with E-state index in [0.717, 1.165) is 29.4 Å². The van der Waals surface area contributed by atoms with Gasteiger partial charge in [0.15, 0.2) is 0 Å². The smallest absolute Gasteiger partial charge is 0.328 e. The van der Waals surface area contributed by atoms with E-state index in [0.29, 0.717) is 18.1 Å². The van der Waals surface area contributed by atoms with E-state index in [1.165, 1.54) is 4.90 Å². The number of hydrogen-bond acceptors (Lipinski definition) is 7. The Morgan fingerprint density at radius 3 is 2.25 bits per heavy atom. The molecule has 2 aromatic carbocycles. The predicted octanol–water partition coefficient (Wildman–Crippen LogP) is 4.11. The molecule has 0 amide bonds. The number of hydrogen-bond donors (Lipinski definition) is 2. The number of aliphatic carboxylic acids is 2. The number of benzene rings is 2. The van der Waals surface area contributed by atoms with Crippen LogP contribution in [0.5, 0.6) is 0 Å². The van der Waals surface area contributed by atoms with Crippen LogP contribution >= 0.6 is 11.8 Å². The maximum Gasteiger partial charge on any atom is 0.328 e. The van der Waals surface area contributed by atoms with Gasteiger partial charge in [0.25, 0.3) is 5.69 Å². The number of nitro groups is 1. The highest BCUT2D eigenvalue weighted by molar-refractivity contribution is 7.99. The summed E-state index contributed by atoms with van der Waals surface area (Å²) in [5, 5.41) is 26.8. The Kier molecular flexibility index (Phi) is 8.80. The van der Waals surface area contributed by atoms with E-state index in [2.05, 4.69) is 43.0 Å². The van der Waals surface area contributed by atoms with Gasteiger partial charge in [0.05, 0.1) is 16.3 Å². The van der Waals surface area contributed by atoms with E-state index in [4.69, 9.17) is 10.2 Å². The van der Waals surface area contributed by atoms with Crippen molar-refractivity contribution in [1.82, 2.24) is 4.90 Å². The zero-order chi connectivity index (χ0) is 23.8. The second kappa shape index (κ2) is 11.3. The average Bonchev–Trinajstić information content (AvgIpc) is 2.71. The van der Waals surface area contributed by atoms with Crippen LogP contribution in [0, 0.1) is 16.0 Å². The summed E-state index contributed by atoms with van der Waals surface area (Å²) in [5.74, 6) is -2.08. The lowest BCUT2D eigenvalue weighted by atomic mass is 10.1. The van der Waals surface area contributed by atoms with Crippen LogP contribution in [0.3, 0.4) is 0 Å². The molecule has 32 heavy (non-hydrogen) atoms. The van der Waals surface area contributed by atoms with Gasteiger partial charge in [0.1, 0.15) is 0 Å². The Morgan fingerprint density at radius 1 is 1.09 bits per heavy atom. The summed E-state index contributed by atoms with van der Waals surface area (Å²) in [7, 11) is 4.13. The van der Waals surface area contributed by atoms with Gasteiger partial charge in [-0.3, -0.25) is 10.1 Å². The summed E-state index contributed by atoms with van der Waals surface area (Å²) in [5.41, 5.74) is 2.19. The molecule has 9 nitrogen and oxygen atoms in total. The molecule has 0 fully saturated rings. The molecule has 3 rings (SSSR count). The summed E-state index contributed by atoms with van der Waals surface area (Å²) in [6, 6.07) is 13.4. The summed E-state index contributed by atoms with van der Waals surface area (Å²) >= 11 is 1.67. The molecule has 1 unspecified atom stereocenters. The fraction of sp³-hybridized carbons (Fsp3) is 0.273. The first-order valence-electron chi connectivity index (χ1n) is 9.70. The number of para-hydroxylation sites is 1. The highest BCUT2D eigenvalue weighted by atomic mass is 32.2. The number of non-ortho nitro benzene ring substituents is 1. The normalized spacial score (nSPS) is 13.1. The van der Waals surface area contributed by atoms with Crippen molar-refractivity contribution >= 4 is 40.8 Å². The van der Waals surface area contributed by atoms with Gasteiger partial charge in [-0.15, -0.1) is 0 Å². The minimum atomic E-state index is -1.26. The van der Waals surface area contributed by atoms with Crippen LogP contribution in [0.15, 0.2) is 64.4 Å². The van der Waals surface area contributed by atoms with Crippen molar-refractivity contribution < 1.29 is 24.7 Å². The average molecular weight is 460 g/mol. The van der Waals surface area contributed by atoms with Crippen LogP contribution in [0.1, 0.15) is 6.92 Å². The number of anilines is 2. The number of carboxylic acids is 2. The number of fused-ring (bicyclic) bond motifs is 2. The van der Waals surface area contributed by atoms with Gasteiger partial charge in [-0.1, -0.05) is 30.8 Å². The minimum absolute atomic E-state index is 0.138. The molecular weight excluding hydrogens is 434 g/mol. The quantitative estimate of drug-likeness (QED) is 0.357. The van der Waals surface area contributed by atoms with E-state index in [-0.39, 0.29) is 10.6 Å². The molecule has 0 aromatic heterocycles. The third-order valence-electron chi connectivity index (χ3n) is 4.36. The molecule has 0 radical (unpaired) electrons. The van der Waals surface area contributed by atoms with Crippen LogP contribution in [-0.4, -0.2) is 59.2 Å². The maximum atomic E-state index is 11.2. The fourth-order valence-electron chi connectivity index (χ4n) is 3.26. The van der Waals surface area contributed by atoms with Gasteiger partial charge in [-0.25, -0.2) is 9.59 Å². The zero-order valence-corrected chi connectivity index (χ0v) is 18.8. The van der Waals surface area contributed by atoms with Gasteiger partial charge >= 0.3 is 11.9 Å². The first kappa shape index (κ1) is 24.9. The van der Waals surface area contributed by atoms with Crippen LogP contribution < -0.4 is 4.90 Å².